The first-order valence-electron chi connectivity index (χ1n) is 5.32. The zero-order valence-electron chi connectivity index (χ0n) is 8.96. The third kappa shape index (κ3) is 5.54. The summed E-state index contributed by atoms with van der Waals surface area (Å²) in [6.45, 7) is 5.15. The molecule has 0 bridgehead atoms. The van der Waals surface area contributed by atoms with Crippen LogP contribution in [0.1, 0.15) is 12.8 Å². The van der Waals surface area contributed by atoms with E-state index in [9.17, 15) is 0 Å². The Morgan fingerprint density at radius 3 is 3.00 bits per heavy atom. The van der Waals surface area contributed by atoms with Crippen molar-refractivity contribution in [1.29, 1.82) is 0 Å². The summed E-state index contributed by atoms with van der Waals surface area (Å²) in [4.78, 5) is 0. The predicted octanol–water partition coefficient (Wildman–Crippen LogP) is 0.418. The summed E-state index contributed by atoms with van der Waals surface area (Å²) in [5, 5.41) is 3.28. The van der Waals surface area contributed by atoms with Crippen LogP contribution in [0, 0.1) is 0 Å². The van der Waals surface area contributed by atoms with Gasteiger partial charge < -0.3 is 19.5 Å². The topological polar surface area (TPSA) is 39.7 Å². The van der Waals surface area contributed by atoms with Crippen molar-refractivity contribution in [3.63, 3.8) is 0 Å². The van der Waals surface area contributed by atoms with Gasteiger partial charge in [-0.3, -0.25) is 0 Å². The number of ether oxygens (including phenoxy) is 3. The molecule has 1 aliphatic heterocycles. The van der Waals surface area contributed by atoms with E-state index >= 15 is 0 Å². The molecule has 0 aromatic rings. The van der Waals surface area contributed by atoms with Gasteiger partial charge in [-0.05, 0) is 19.4 Å². The molecule has 14 heavy (non-hydrogen) atoms. The van der Waals surface area contributed by atoms with Crippen molar-refractivity contribution in [3.05, 3.63) is 0 Å². The van der Waals surface area contributed by atoms with E-state index in [1.165, 1.54) is 0 Å². The number of nitrogens with one attached hydrogen (secondary N) is 1. The summed E-state index contributed by atoms with van der Waals surface area (Å²) in [6.07, 6.45) is 2.45. The highest BCUT2D eigenvalue weighted by Crippen LogP contribution is 2.07. The second-order valence-electron chi connectivity index (χ2n) is 3.45. The quantitative estimate of drug-likeness (QED) is 0.580. The summed E-state index contributed by atoms with van der Waals surface area (Å²) < 4.78 is 15.7. The number of rotatable bonds is 8. The molecule has 0 aliphatic carbocycles. The maximum Gasteiger partial charge on any atom is 0.0830 e. The molecule has 1 fully saturated rings. The third-order valence-electron chi connectivity index (χ3n) is 2.22. The van der Waals surface area contributed by atoms with E-state index in [-0.39, 0.29) is 0 Å². The Balaban J connectivity index is 1.75. The van der Waals surface area contributed by atoms with Crippen molar-refractivity contribution in [3.8, 4) is 0 Å². The molecule has 1 unspecified atom stereocenters. The first-order chi connectivity index (χ1) is 6.93. The van der Waals surface area contributed by atoms with E-state index < -0.39 is 0 Å². The molecular formula is C10H21NO3. The van der Waals surface area contributed by atoms with Crippen LogP contribution in [0.4, 0.5) is 0 Å². The molecule has 84 valence electrons. The molecule has 0 aromatic heterocycles. The minimum atomic E-state index is 0.342. The van der Waals surface area contributed by atoms with E-state index in [2.05, 4.69) is 5.32 Å². The summed E-state index contributed by atoms with van der Waals surface area (Å²) in [6, 6.07) is 0. The maximum atomic E-state index is 5.61. The molecule has 4 nitrogen and oxygen atoms in total. The van der Waals surface area contributed by atoms with Gasteiger partial charge in [0, 0.05) is 26.9 Å². The average Bonchev–Trinajstić information content (AvgIpc) is 2.69. The molecule has 0 spiro atoms. The zero-order chi connectivity index (χ0) is 10.1. The molecule has 4 heteroatoms. The second kappa shape index (κ2) is 8.17. The van der Waals surface area contributed by atoms with Crippen LogP contribution in [0.15, 0.2) is 0 Å². The van der Waals surface area contributed by atoms with Crippen LogP contribution in [0.25, 0.3) is 0 Å². The monoisotopic (exact) mass is 203 g/mol. The Kier molecular flexibility index (Phi) is 6.95. The van der Waals surface area contributed by atoms with Crippen LogP contribution in [0.2, 0.25) is 0 Å². The van der Waals surface area contributed by atoms with Gasteiger partial charge in [-0.1, -0.05) is 0 Å². The molecule has 0 saturated carbocycles. The summed E-state index contributed by atoms with van der Waals surface area (Å²) in [7, 11) is 1.71. The van der Waals surface area contributed by atoms with Crippen molar-refractivity contribution in [2.45, 2.75) is 18.9 Å². The zero-order valence-corrected chi connectivity index (χ0v) is 8.96. The lowest BCUT2D eigenvalue weighted by atomic mass is 10.3. The van der Waals surface area contributed by atoms with Gasteiger partial charge in [-0.25, -0.2) is 0 Å². The average molecular weight is 203 g/mol. The molecule has 1 N–H and O–H groups in total. The molecule has 1 aliphatic rings. The Morgan fingerprint density at radius 2 is 2.29 bits per heavy atom. The summed E-state index contributed by atoms with van der Waals surface area (Å²) in [5.41, 5.74) is 0. The third-order valence-corrected chi connectivity index (χ3v) is 2.22. The molecular weight excluding hydrogens is 182 g/mol. The predicted molar refractivity (Wildman–Crippen MR) is 54.5 cm³/mol. The molecule has 0 amide bonds. The fourth-order valence-electron chi connectivity index (χ4n) is 1.39. The van der Waals surface area contributed by atoms with Crippen LogP contribution in [-0.2, 0) is 14.2 Å². The lowest BCUT2D eigenvalue weighted by Gasteiger charge is -2.09. The molecule has 0 radical (unpaired) electrons. The highest BCUT2D eigenvalue weighted by atomic mass is 16.5. The summed E-state index contributed by atoms with van der Waals surface area (Å²) >= 11 is 0. The second-order valence-corrected chi connectivity index (χ2v) is 3.45. The largest absolute Gasteiger partial charge is 0.383 e. The Hall–Kier alpha value is -0.160. The van der Waals surface area contributed by atoms with Gasteiger partial charge in [0.15, 0.2) is 0 Å². The van der Waals surface area contributed by atoms with Gasteiger partial charge >= 0.3 is 0 Å². The van der Waals surface area contributed by atoms with Crippen LogP contribution in [0.3, 0.4) is 0 Å². The number of hydrogen-bond acceptors (Lipinski definition) is 4. The highest BCUT2D eigenvalue weighted by molar-refractivity contribution is 4.62. The highest BCUT2D eigenvalue weighted by Gasteiger charge is 2.14. The fourth-order valence-corrected chi connectivity index (χ4v) is 1.39. The van der Waals surface area contributed by atoms with Crippen molar-refractivity contribution in [2.75, 3.05) is 46.6 Å². The molecule has 1 heterocycles. The van der Waals surface area contributed by atoms with E-state index in [4.69, 9.17) is 14.2 Å². The van der Waals surface area contributed by atoms with Gasteiger partial charge in [-0.2, -0.15) is 0 Å². The van der Waals surface area contributed by atoms with E-state index in [1.54, 1.807) is 7.11 Å². The van der Waals surface area contributed by atoms with Crippen LogP contribution in [-0.4, -0.2) is 52.7 Å². The minimum absolute atomic E-state index is 0.342. The van der Waals surface area contributed by atoms with Crippen molar-refractivity contribution in [1.82, 2.24) is 5.32 Å². The maximum absolute atomic E-state index is 5.61. The lowest BCUT2D eigenvalue weighted by molar-refractivity contribution is 0.0414. The smallest absolute Gasteiger partial charge is 0.0830 e. The first-order valence-corrected chi connectivity index (χ1v) is 5.32. The van der Waals surface area contributed by atoms with Crippen molar-refractivity contribution in [2.24, 2.45) is 0 Å². The van der Waals surface area contributed by atoms with Crippen LogP contribution >= 0.6 is 0 Å². The van der Waals surface area contributed by atoms with E-state index in [0.717, 1.165) is 52.4 Å². The molecule has 1 saturated heterocycles. The van der Waals surface area contributed by atoms with Crippen LogP contribution in [0.5, 0.6) is 0 Å². The summed E-state index contributed by atoms with van der Waals surface area (Å²) in [5.74, 6) is 0. The fraction of sp³-hybridized carbons (Fsp3) is 1.00. The number of methoxy groups -OCH3 is 1. The van der Waals surface area contributed by atoms with Gasteiger partial charge in [0.1, 0.15) is 0 Å². The Labute approximate surface area is 85.9 Å². The molecule has 1 rings (SSSR count). The first kappa shape index (κ1) is 11.9. The van der Waals surface area contributed by atoms with Gasteiger partial charge in [0.05, 0.1) is 19.3 Å². The van der Waals surface area contributed by atoms with E-state index in [0.29, 0.717) is 6.10 Å². The SMILES string of the molecule is COCCNCCCOC1CCOC1. The van der Waals surface area contributed by atoms with Gasteiger partial charge in [-0.15, -0.1) is 0 Å². The molecule has 1 atom stereocenters. The molecule has 0 aromatic carbocycles. The Bertz CT molecular complexity index is 127. The van der Waals surface area contributed by atoms with Crippen molar-refractivity contribution < 1.29 is 14.2 Å². The van der Waals surface area contributed by atoms with E-state index in [1.807, 2.05) is 0 Å². The normalized spacial score (nSPS) is 21.6. The minimum Gasteiger partial charge on any atom is -0.383 e. The Morgan fingerprint density at radius 1 is 1.36 bits per heavy atom. The standard InChI is InChI=1S/C10H21NO3/c1-12-8-5-11-4-2-6-14-10-3-7-13-9-10/h10-11H,2-9H2,1H3. The van der Waals surface area contributed by atoms with Gasteiger partial charge in [0.25, 0.3) is 0 Å². The lowest BCUT2D eigenvalue weighted by Crippen LogP contribution is -2.22. The van der Waals surface area contributed by atoms with Crippen LogP contribution < -0.4 is 5.32 Å². The van der Waals surface area contributed by atoms with Crippen molar-refractivity contribution >= 4 is 0 Å². The number of hydrogen-bond donors (Lipinski definition) is 1. The van der Waals surface area contributed by atoms with Gasteiger partial charge in [0.2, 0.25) is 0 Å².